The molecule has 0 radical (unpaired) electrons. The number of imide groups is 1. The zero-order valence-electron chi connectivity index (χ0n) is 16.1. The Morgan fingerprint density at radius 3 is 2.38 bits per heavy atom. The molecule has 5 aliphatic rings. The Morgan fingerprint density at radius 1 is 0.931 bits per heavy atom. The molecule has 4 bridgehead atoms. The molecule has 1 aromatic heterocycles. The highest BCUT2D eigenvalue weighted by atomic mass is 16.2. The molecule has 2 aliphatic carbocycles. The highest BCUT2D eigenvalue weighted by molar-refractivity contribution is 6.08. The Hall–Kier alpha value is -2.70. The van der Waals surface area contributed by atoms with Crippen LogP contribution < -0.4 is 5.56 Å². The van der Waals surface area contributed by atoms with Gasteiger partial charge in [0.2, 0.25) is 17.7 Å². The number of rotatable bonds is 2. The van der Waals surface area contributed by atoms with Crippen molar-refractivity contribution in [2.75, 3.05) is 19.6 Å². The molecule has 2 saturated heterocycles. The summed E-state index contributed by atoms with van der Waals surface area (Å²) in [6, 6.07) is 5.32. The van der Waals surface area contributed by atoms with Crippen LogP contribution in [-0.2, 0) is 20.9 Å². The number of fused-ring (bicyclic) bond motifs is 9. The molecular weight excluding hydrogens is 370 g/mol. The summed E-state index contributed by atoms with van der Waals surface area (Å²) in [5.41, 5.74) is 0.997. The fourth-order valence-corrected chi connectivity index (χ4v) is 6.46. The van der Waals surface area contributed by atoms with Crippen molar-refractivity contribution in [3.63, 3.8) is 0 Å². The van der Waals surface area contributed by atoms with Crippen molar-refractivity contribution in [2.24, 2.45) is 29.6 Å². The maximum Gasteiger partial charge on any atom is 0.250 e. The summed E-state index contributed by atoms with van der Waals surface area (Å²) in [6.45, 7) is 1.59. The zero-order valence-corrected chi connectivity index (χ0v) is 16.1. The Morgan fingerprint density at radius 2 is 1.66 bits per heavy atom. The van der Waals surface area contributed by atoms with Crippen LogP contribution in [0.2, 0.25) is 0 Å². The number of hydrogen-bond donors (Lipinski definition) is 0. The Bertz CT molecular complexity index is 997. The van der Waals surface area contributed by atoms with Crippen molar-refractivity contribution in [1.29, 1.82) is 0 Å². The van der Waals surface area contributed by atoms with Crippen LogP contribution in [0.25, 0.3) is 0 Å². The van der Waals surface area contributed by atoms with Gasteiger partial charge in [0.05, 0.1) is 11.8 Å². The lowest BCUT2D eigenvalue weighted by molar-refractivity contribution is -0.148. The van der Waals surface area contributed by atoms with Crippen molar-refractivity contribution < 1.29 is 14.4 Å². The fourth-order valence-electron chi connectivity index (χ4n) is 6.46. The third-order valence-corrected chi connectivity index (χ3v) is 7.69. The van der Waals surface area contributed by atoms with E-state index < -0.39 is 0 Å². The number of aromatic nitrogens is 1. The first-order valence-corrected chi connectivity index (χ1v) is 10.5. The van der Waals surface area contributed by atoms with E-state index in [1.54, 1.807) is 17.0 Å². The molecule has 3 amide bonds. The molecule has 150 valence electrons. The molecule has 6 atom stereocenters. The minimum absolute atomic E-state index is 0.0139. The molecule has 3 fully saturated rings. The van der Waals surface area contributed by atoms with E-state index in [9.17, 15) is 19.2 Å². The minimum atomic E-state index is -0.259. The van der Waals surface area contributed by atoms with Gasteiger partial charge >= 0.3 is 0 Å². The lowest BCUT2D eigenvalue weighted by atomic mass is 9.83. The number of likely N-dealkylation sites (tertiary alicyclic amines) is 2. The summed E-state index contributed by atoms with van der Waals surface area (Å²) in [7, 11) is 0. The van der Waals surface area contributed by atoms with Gasteiger partial charge in [-0.2, -0.15) is 0 Å². The number of carbonyl (C=O) groups is 3. The molecule has 4 heterocycles. The molecule has 1 aromatic rings. The number of piperidine rings is 1. The van der Waals surface area contributed by atoms with E-state index in [0.717, 1.165) is 18.5 Å². The van der Waals surface area contributed by atoms with Gasteiger partial charge in [0.15, 0.2) is 0 Å². The summed E-state index contributed by atoms with van der Waals surface area (Å²) in [4.78, 5) is 53.9. The number of allylic oxidation sites excluding steroid dienone is 2. The Kier molecular flexibility index (Phi) is 3.50. The van der Waals surface area contributed by atoms with Crippen LogP contribution in [0.5, 0.6) is 0 Å². The van der Waals surface area contributed by atoms with Crippen LogP contribution in [-0.4, -0.2) is 51.7 Å². The van der Waals surface area contributed by atoms with Crippen molar-refractivity contribution in [3.8, 4) is 0 Å². The standard InChI is InChI=1S/C22H23N3O4/c26-17-3-1-2-16-15-6-12(9-24(16)17)8-23(10-15)18(27)11-25-21(28)19-13-4-5-14(7-13)20(19)22(25)29/h1-5,12-15,19-20H,6-11H2. The predicted octanol–water partition coefficient (Wildman–Crippen LogP) is 0.601. The smallest absolute Gasteiger partial charge is 0.250 e. The molecule has 1 saturated carbocycles. The molecular formula is C22H23N3O4. The van der Waals surface area contributed by atoms with Crippen LogP contribution >= 0.6 is 0 Å². The van der Waals surface area contributed by atoms with Crippen LogP contribution in [0.3, 0.4) is 0 Å². The second-order valence-electron chi connectivity index (χ2n) is 9.26. The number of carbonyl (C=O) groups excluding carboxylic acids is 3. The van der Waals surface area contributed by atoms with Crippen LogP contribution in [0.1, 0.15) is 24.5 Å². The van der Waals surface area contributed by atoms with E-state index in [2.05, 4.69) is 12.2 Å². The normalized spacial score (nSPS) is 36.6. The van der Waals surface area contributed by atoms with Gasteiger partial charge in [-0.1, -0.05) is 18.2 Å². The second kappa shape index (κ2) is 5.90. The van der Waals surface area contributed by atoms with Gasteiger partial charge < -0.3 is 9.47 Å². The van der Waals surface area contributed by atoms with Gasteiger partial charge in [-0.15, -0.1) is 0 Å². The first kappa shape index (κ1) is 17.2. The van der Waals surface area contributed by atoms with Crippen LogP contribution in [0, 0.1) is 29.6 Å². The van der Waals surface area contributed by atoms with Crippen molar-refractivity contribution in [2.45, 2.75) is 25.3 Å². The van der Waals surface area contributed by atoms with Gasteiger partial charge in [-0.05, 0) is 36.7 Å². The minimum Gasteiger partial charge on any atom is -0.340 e. The van der Waals surface area contributed by atoms with E-state index in [-0.39, 0.29) is 65.3 Å². The Balaban J connectivity index is 1.20. The molecule has 6 rings (SSSR count). The lowest BCUT2D eigenvalue weighted by Crippen LogP contribution is -2.52. The van der Waals surface area contributed by atoms with Gasteiger partial charge in [-0.3, -0.25) is 24.1 Å². The maximum absolute atomic E-state index is 13.0. The molecule has 6 unspecified atom stereocenters. The Labute approximate surface area is 168 Å². The highest BCUT2D eigenvalue weighted by Crippen LogP contribution is 2.52. The summed E-state index contributed by atoms with van der Waals surface area (Å²) in [5.74, 6) is -0.336. The molecule has 0 spiro atoms. The van der Waals surface area contributed by atoms with Crippen molar-refractivity contribution >= 4 is 17.7 Å². The first-order valence-electron chi connectivity index (χ1n) is 10.5. The third kappa shape index (κ3) is 2.36. The summed E-state index contributed by atoms with van der Waals surface area (Å²) in [6.07, 6.45) is 5.98. The average Bonchev–Trinajstić information content (AvgIpc) is 3.39. The zero-order chi connectivity index (χ0) is 19.9. The fraction of sp³-hybridized carbons (Fsp3) is 0.545. The van der Waals surface area contributed by atoms with Gasteiger partial charge in [0.25, 0.3) is 5.56 Å². The van der Waals surface area contributed by atoms with Gasteiger partial charge in [0.1, 0.15) is 6.54 Å². The van der Waals surface area contributed by atoms with Gasteiger partial charge in [0, 0.05) is 37.3 Å². The molecule has 3 aliphatic heterocycles. The number of pyridine rings is 1. The molecule has 0 aromatic carbocycles. The van der Waals surface area contributed by atoms with E-state index in [0.29, 0.717) is 19.6 Å². The van der Waals surface area contributed by atoms with E-state index in [1.807, 2.05) is 10.6 Å². The molecule has 7 heteroatoms. The summed E-state index contributed by atoms with van der Waals surface area (Å²) < 4.78 is 1.83. The average molecular weight is 393 g/mol. The van der Waals surface area contributed by atoms with Gasteiger partial charge in [-0.25, -0.2) is 0 Å². The topological polar surface area (TPSA) is 79.7 Å². The van der Waals surface area contributed by atoms with E-state index >= 15 is 0 Å². The third-order valence-electron chi connectivity index (χ3n) is 7.69. The lowest BCUT2D eigenvalue weighted by Gasteiger charge is -2.43. The predicted molar refractivity (Wildman–Crippen MR) is 103 cm³/mol. The van der Waals surface area contributed by atoms with Crippen LogP contribution in [0.15, 0.2) is 35.1 Å². The van der Waals surface area contributed by atoms with Crippen LogP contribution in [0.4, 0.5) is 0 Å². The largest absolute Gasteiger partial charge is 0.340 e. The van der Waals surface area contributed by atoms with Crippen molar-refractivity contribution in [1.82, 2.24) is 14.4 Å². The molecule has 29 heavy (non-hydrogen) atoms. The van der Waals surface area contributed by atoms with Crippen molar-refractivity contribution in [3.05, 3.63) is 46.4 Å². The number of hydrogen-bond acceptors (Lipinski definition) is 4. The summed E-state index contributed by atoms with van der Waals surface area (Å²) >= 11 is 0. The molecule has 0 N–H and O–H groups in total. The SMILES string of the molecule is O=C(CN1C(=O)C2C3C=CC(C3)C2C1=O)N1CC2CC(C1)c1cccc(=O)n1C2. The maximum atomic E-state index is 13.0. The van der Waals surface area contributed by atoms with E-state index in [1.165, 1.54) is 4.90 Å². The number of nitrogens with zero attached hydrogens (tertiary/aromatic N) is 3. The monoisotopic (exact) mass is 393 g/mol. The highest BCUT2D eigenvalue weighted by Gasteiger charge is 2.59. The first-order chi connectivity index (χ1) is 14.0. The molecule has 7 nitrogen and oxygen atoms in total. The number of amides is 3. The quantitative estimate of drug-likeness (QED) is 0.545. The summed E-state index contributed by atoms with van der Waals surface area (Å²) in [5, 5.41) is 0. The second-order valence-corrected chi connectivity index (χ2v) is 9.26. The van der Waals surface area contributed by atoms with E-state index in [4.69, 9.17) is 0 Å².